The van der Waals surface area contributed by atoms with Crippen LogP contribution in [-0.2, 0) is 16.0 Å². The van der Waals surface area contributed by atoms with E-state index in [1.807, 2.05) is 26.0 Å². The van der Waals surface area contributed by atoms with E-state index in [-0.39, 0.29) is 18.6 Å². The van der Waals surface area contributed by atoms with E-state index in [9.17, 15) is 4.79 Å². The van der Waals surface area contributed by atoms with Gasteiger partial charge < -0.3 is 15.4 Å². The van der Waals surface area contributed by atoms with Gasteiger partial charge in [-0.3, -0.25) is 4.79 Å². The molecule has 0 fully saturated rings. The molecule has 2 rings (SSSR count). The standard InChI is InChI=1S/C14H20N2O2/c1-10(2)18-9-14(17)16-13-7-3-6-12-11(13)5-4-8-15-12/h3,6-7,10,15H,4-5,8-9H2,1-2H3,(H,16,17). The smallest absolute Gasteiger partial charge is 0.250 e. The number of hydrogen-bond donors (Lipinski definition) is 2. The molecule has 0 atom stereocenters. The minimum atomic E-state index is -0.0947. The Labute approximate surface area is 108 Å². The van der Waals surface area contributed by atoms with Gasteiger partial charge in [-0.15, -0.1) is 0 Å². The van der Waals surface area contributed by atoms with E-state index in [0.29, 0.717) is 0 Å². The van der Waals surface area contributed by atoms with Gasteiger partial charge in [0.25, 0.3) is 0 Å². The lowest BCUT2D eigenvalue weighted by Crippen LogP contribution is -2.22. The van der Waals surface area contributed by atoms with Crippen molar-refractivity contribution in [3.05, 3.63) is 23.8 Å². The van der Waals surface area contributed by atoms with Crippen molar-refractivity contribution in [3.8, 4) is 0 Å². The van der Waals surface area contributed by atoms with Crippen LogP contribution in [0, 0.1) is 0 Å². The molecular formula is C14H20N2O2. The molecule has 98 valence electrons. The average molecular weight is 248 g/mol. The third-order valence-electron chi connectivity index (χ3n) is 2.92. The van der Waals surface area contributed by atoms with E-state index in [2.05, 4.69) is 16.7 Å². The van der Waals surface area contributed by atoms with E-state index >= 15 is 0 Å². The first-order chi connectivity index (χ1) is 8.66. The highest BCUT2D eigenvalue weighted by Crippen LogP contribution is 2.28. The molecule has 1 aromatic rings. The van der Waals surface area contributed by atoms with Gasteiger partial charge >= 0.3 is 0 Å². The van der Waals surface area contributed by atoms with Crippen molar-refractivity contribution >= 4 is 17.3 Å². The molecule has 0 aliphatic carbocycles. The highest BCUT2D eigenvalue weighted by Gasteiger charge is 2.14. The van der Waals surface area contributed by atoms with E-state index in [0.717, 1.165) is 30.8 Å². The molecule has 1 aliphatic rings. The summed E-state index contributed by atoms with van der Waals surface area (Å²) in [7, 11) is 0. The Morgan fingerprint density at radius 1 is 1.50 bits per heavy atom. The number of carbonyl (C=O) groups is 1. The molecule has 18 heavy (non-hydrogen) atoms. The van der Waals surface area contributed by atoms with Gasteiger partial charge in [-0.1, -0.05) is 6.07 Å². The van der Waals surface area contributed by atoms with Crippen LogP contribution in [0.4, 0.5) is 11.4 Å². The molecular weight excluding hydrogens is 228 g/mol. The maximum absolute atomic E-state index is 11.7. The maximum atomic E-state index is 11.7. The molecule has 0 spiro atoms. The Bertz CT molecular complexity index is 430. The summed E-state index contributed by atoms with van der Waals surface area (Å²) in [6.45, 7) is 4.94. The number of hydrogen-bond acceptors (Lipinski definition) is 3. The molecule has 0 radical (unpaired) electrons. The van der Waals surface area contributed by atoms with Crippen LogP contribution in [0.1, 0.15) is 25.8 Å². The number of anilines is 2. The first-order valence-electron chi connectivity index (χ1n) is 6.44. The lowest BCUT2D eigenvalue weighted by molar-refractivity contribution is -0.121. The second kappa shape index (κ2) is 5.87. The van der Waals surface area contributed by atoms with Crippen LogP contribution in [0.2, 0.25) is 0 Å². The third kappa shape index (κ3) is 3.23. The Balaban J connectivity index is 2.03. The Kier molecular flexibility index (Phi) is 4.20. The zero-order chi connectivity index (χ0) is 13.0. The Morgan fingerprint density at radius 2 is 2.33 bits per heavy atom. The van der Waals surface area contributed by atoms with Crippen LogP contribution in [-0.4, -0.2) is 25.2 Å². The summed E-state index contributed by atoms with van der Waals surface area (Å²) in [5.41, 5.74) is 3.22. The summed E-state index contributed by atoms with van der Waals surface area (Å²) in [5.74, 6) is -0.0947. The largest absolute Gasteiger partial charge is 0.385 e. The van der Waals surface area contributed by atoms with Gasteiger partial charge in [0.15, 0.2) is 0 Å². The molecule has 0 bridgehead atoms. The second-order valence-corrected chi connectivity index (χ2v) is 4.77. The SMILES string of the molecule is CC(C)OCC(=O)Nc1cccc2c1CCCN2. The van der Waals surface area contributed by atoms with Gasteiger partial charge in [0.1, 0.15) is 6.61 Å². The molecule has 1 aromatic carbocycles. The number of amides is 1. The predicted octanol–water partition coefficient (Wildman–Crippen LogP) is 2.41. The van der Waals surface area contributed by atoms with Crippen molar-refractivity contribution < 1.29 is 9.53 Å². The lowest BCUT2D eigenvalue weighted by Gasteiger charge is -2.21. The summed E-state index contributed by atoms with van der Waals surface area (Å²) >= 11 is 0. The minimum absolute atomic E-state index is 0.0714. The number of ether oxygens (including phenoxy) is 1. The monoisotopic (exact) mass is 248 g/mol. The Hall–Kier alpha value is -1.55. The minimum Gasteiger partial charge on any atom is -0.385 e. The molecule has 0 saturated carbocycles. The maximum Gasteiger partial charge on any atom is 0.250 e. The first-order valence-corrected chi connectivity index (χ1v) is 6.44. The van der Waals surface area contributed by atoms with E-state index in [1.165, 1.54) is 5.56 Å². The molecule has 1 amide bonds. The predicted molar refractivity (Wildman–Crippen MR) is 73.0 cm³/mol. The average Bonchev–Trinajstić information content (AvgIpc) is 2.37. The number of benzene rings is 1. The van der Waals surface area contributed by atoms with Crippen molar-refractivity contribution in [2.24, 2.45) is 0 Å². The zero-order valence-electron chi connectivity index (χ0n) is 11.0. The van der Waals surface area contributed by atoms with Gasteiger partial charge in [-0.2, -0.15) is 0 Å². The fourth-order valence-corrected chi connectivity index (χ4v) is 2.06. The van der Waals surface area contributed by atoms with E-state index < -0.39 is 0 Å². The number of fused-ring (bicyclic) bond motifs is 1. The quantitative estimate of drug-likeness (QED) is 0.860. The van der Waals surface area contributed by atoms with Crippen LogP contribution in [0.15, 0.2) is 18.2 Å². The molecule has 0 aromatic heterocycles. The first kappa shape index (κ1) is 12.9. The molecule has 4 heteroatoms. The van der Waals surface area contributed by atoms with Gasteiger partial charge in [0.2, 0.25) is 5.91 Å². The zero-order valence-corrected chi connectivity index (χ0v) is 11.0. The number of rotatable bonds is 4. The van der Waals surface area contributed by atoms with Crippen LogP contribution in [0.5, 0.6) is 0 Å². The van der Waals surface area contributed by atoms with Gasteiger partial charge in [0, 0.05) is 17.9 Å². The highest BCUT2D eigenvalue weighted by atomic mass is 16.5. The summed E-state index contributed by atoms with van der Waals surface area (Å²) in [5, 5.41) is 6.27. The number of carbonyl (C=O) groups excluding carboxylic acids is 1. The second-order valence-electron chi connectivity index (χ2n) is 4.77. The topological polar surface area (TPSA) is 50.4 Å². The van der Waals surface area contributed by atoms with Crippen molar-refractivity contribution in [1.82, 2.24) is 0 Å². The third-order valence-corrected chi connectivity index (χ3v) is 2.92. The van der Waals surface area contributed by atoms with Crippen molar-refractivity contribution in [3.63, 3.8) is 0 Å². The molecule has 1 aliphatic heterocycles. The van der Waals surface area contributed by atoms with Gasteiger partial charge in [-0.25, -0.2) is 0 Å². The summed E-state index contributed by atoms with van der Waals surface area (Å²) in [4.78, 5) is 11.7. The van der Waals surface area contributed by atoms with Gasteiger partial charge in [0.05, 0.1) is 6.10 Å². The molecule has 0 unspecified atom stereocenters. The molecule has 2 N–H and O–H groups in total. The fraction of sp³-hybridized carbons (Fsp3) is 0.500. The number of nitrogens with one attached hydrogen (secondary N) is 2. The summed E-state index contributed by atoms with van der Waals surface area (Å²) in [6, 6.07) is 5.95. The van der Waals surface area contributed by atoms with Gasteiger partial charge in [-0.05, 0) is 44.4 Å². The van der Waals surface area contributed by atoms with Crippen LogP contribution < -0.4 is 10.6 Å². The molecule has 1 heterocycles. The molecule has 4 nitrogen and oxygen atoms in total. The fourth-order valence-electron chi connectivity index (χ4n) is 2.06. The van der Waals surface area contributed by atoms with E-state index in [1.54, 1.807) is 0 Å². The summed E-state index contributed by atoms with van der Waals surface area (Å²) < 4.78 is 5.29. The van der Waals surface area contributed by atoms with Crippen molar-refractivity contribution in [2.75, 3.05) is 23.8 Å². The van der Waals surface area contributed by atoms with Crippen LogP contribution in [0.3, 0.4) is 0 Å². The van der Waals surface area contributed by atoms with Crippen LogP contribution >= 0.6 is 0 Å². The molecule has 0 saturated heterocycles. The van der Waals surface area contributed by atoms with Crippen LogP contribution in [0.25, 0.3) is 0 Å². The van der Waals surface area contributed by atoms with Crippen molar-refractivity contribution in [1.29, 1.82) is 0 Å². The summed E-state index contributed by atoms with van der Waals surface area (Å²) in [6.07, 6.45) is 2.17. The van der Waals surface area contributed by atoms with Crippen molar-refractivity contribution in [2.45, 2.75) is 32.8 Å². The Morgan fingerprint density at radius 3 is 3.11 bits per heavy atom. The van der Waals surface area contributed by atoms with E-state index in [4.69, 9.17) is 4.74 Å². The lowest BCUT2D eigenvalue weighted by atomic mass is 10.0. The highest BCUT2D eigenvalue weighted by molar-refractivity contribution is 5.93. The normalized spacial score (nSPS) is 13.9.